The first-order valence-electron chi connectivity index (χ1n) is 14.3. The van der Waals surface area contributed by atoms with Gasteiger partial charge in [-0.2, -0.15) is 0 Å². The van der Waals surface area contributed by atoms with E-state index in [9.17, 15) is 15.0 Å². The highest BCUT2D eigenvalue weighted by Crippen LogP contribution is 2.75. The number of esters is 1. The smallest absolute Gasteiger partial charge is 0.315 e. The molecule has 0 radical (unpaired) electrons. The number of rotatable bonds is 1. The van der Waals surface area contributed by atoms with Crippen molar-refractivity contribution in [3.8, 4) is 0 Å². The summed E-state index contributed by atoms with van der Waals surface area (Å²) in [6.07, 6.45) is 8.70. The highest BCUT2D eigenvalue weighted by molar-refractivity contribution is 5.82. The van der Waals surface area contributed by atoms with Crippen molar-refractivity contribution in [1.29, 1.82) is 0 Å². The minimum Gasteiger partial charge on any atom is -0.468 e. The second-order valence-corrected chi connectivity index (χ2v) is 15.3. The van der Waals surface area contributed by atoms with E-state index in [4.69, 9.17) is 4.74 Å². The molecular formula is C31H50O4. The molecule has 4 fully saturated rings. The molecule has 4 heteroatoms. The summed E-state index contributed by atoms with van der Waals surface area (Å²) in [4.78, 5) is 13.4. The van der Waals surface area contributed by atoms with Crippen LogP contribution in [-0.2, 0) is 9.53 Å². The summed E-state index contributed by atoms with van der Waals surface area (Å²) in [5.41, 5.74) is 1.97. The number of hydrogen-bond acceptors (Lipinski definition) is 4. The molecule has 0 bridgehead atoms. The number of aliphatic hydroxyl groups is 2. The molecule has 4 nitrogen and oxygen atoms in total. The Hall–Kier alpha value is -0.870. The number of fused-ring (bicyclic) bond motifs is 6. The first kappa shape index (κ1) is 25.8. The maximum atomic E-state index is 13.4. The zero-order valence-electron chi connectivity index (χ0n) is 23.6. The fraction of sp³-hybridized carbons (Fsp3) is 0.903. The SMILES string of the molecule is COC(=O)[C@]12CCC(C)(C)CC1=C1[C@@H](O)CC3[C@@]4(C)CC[C@H](O)C(C)(C)C4CC[C@@]3(C)[C@]1(C)CC2. The lowest BCUT2D eigenvalue weighted by Gasteiger charge is -2.71. The van der Waals surface area contributed by atoms with Crippen LogP contribution in [0.4, 0.5) is 0 Å². The summed E-state index contributed by atoms with van der Waals surface area (Å²) in [6, 6.07) is 0. The number of aliphatic hydroxyl groups excluding tert-OH is 2. The van der Waals surface area contributed by atoms with Crippen LogP contribution >= 0.6 is 0 Å². The average Bonchev–Trinajstić information content (AvgIpc) is 2.77. The summed E-state index contributed by atoms with van der Waals surface area (Å²) in [7, 11) is 1.53. The fourth-order valence-corrected chi connectivity index (χ4v) is 10.8. The topological polar surface area (TPSA) is 66.8 Å². The number of carbonyl (C=O) groups excluding carboxylic acids is 1. The third-order valence-corrected chi connectivity index (χ3v) is 13.1. The Kier molecular flexibility index (Phi) is 5.59. The van der Waals surface area contributed by atoms with Gasteiger partial charge >= 0.3 is 5.97 Å². The molecule has 35 heavy (non-hydrogen) atoms. The molecule has 8 atom stereocenters. The Bertz CT molecular complexity index is 948. The van der Waals surface area contributed by atoms with E-state index in [1.807, 2.05) is 0 Å². The highest BCUT2D eigenvalue weighted by Gasteiger charge is 2.69. The van der Waals surface area contributed by atoms with E-state index >= 15 is 0 Å². The zero-order valence-corrected chi connectivity index (χ0v) is 23.6. The van der Waals surface area contributed by atoms with Gasteiger partial charge in [-0.3, -0.25) is 4.79 Å². The Balaban J connectivity index is 1.66. The van der Waals surface area contributed by atoms with Crippen LogP contribution in [0.5, 0.6) is 0 Å². The van der Waals surface area contributed by atoms with Crippen LogP contribution in [0.2, 0.25) is 0 Å². The van der Waals surface area contributed by atoms with E-state index in [-0.39, 0.29) is 39.1 Å². The van der Waals surface area contributed by atoms with E-state index < -0.39 is 11.5 Å². The molecule has 5 rings (SSSR count). The Labute approximate surface area is 213 Å². The minimum absolute atomic E-state index is 0.0715. The summed E-state index contributed by atoms with van der Waals surface area (Å²) < 4.78 is 5.44. The van der Waals surface area contributed by atoms with Crippen LogP contribution in [-0.4, -0.2) is 35.5 Å². The van der Waals surface area contributed by atoms with E-state index in [0.717, 1.165) is 64.2 Å². The molecule has 0 heterocycles. The second-order valence-electron chi connectivity index (χ2n) is 15.3. The van der Waals surface area contributed by atoms with Crippen molar-refractivity contribution in [1.82, 2.24) is 0 Å². The quantitative estimate of drug-likeness (QED) is 0.331. The predicted molar refractivity (Wildman–Crippen MR) is 139 cm³/mol. The monoisotopic (exact) mass is 486 g/mol. The van der Waals surface area contributed by atoms with Crippen molar-refractivity contribution in [3.05, 3.63) is 11.1 Å². The van der Waals surface area contributed by atoms with Crippen LogP contribution in [0.15, 0.2) is 11.1 Å². The first-order chi connectivity index (χ1) is 16.1. The largest absolute Gasteiger partial charge is 0.468 e. The molecule has 2 unspecified atom stereocenters. The van der Waals surface area contributed by atoms with Gasteiger partial charge in [-0.05, 0) is 109 Å². The molecule has 0 aromatic heterocycles. The predicted octanol–water partition coefficient (Wildman–Crippen LogP) is 6.44. The number of methoxy groups -OCH3 is 1. The lowest BCUT2D eigenvalue weighted by molar-refractivity contribution is -0.215. The van der Waals surface area contributed by atoms with Gasteiger partial charge in [0.1, 0.15) is 0 Å². The highest BCUT2D eigenvalue weighted by atomic mass is 16.5. The number of ether oxygens (including phenoxy) is 1. The van der Waals surface area contributed by atoms with Crippen LogP contribution in [0.1, 0.15) is 113 Å². The molecule has 0 aromatic rings. The van der Waals surface area contributed by atoms with Crippen molar-refractivity contribution >= 4 is 5.97 Å². The molecule has 4 saturated carbocycles. The molecular weight excluding hydrogens is 436 g/mol. The summed E-state index contributed by atoms with van der Waals surface area (Å²) in [5, 5.41) is 23.0. The molecule has 0 spiro atoms. The van der Waals surface area contributed by atoms with Crippen LogP contribution in [0.3, 0.4) is 0 Å². The third-order valence-electron chi connectivity index (χ3n) is 13.1. The number of carbonyl (C=O) groups is 1. The molecule has 2 N–H and O–H groups in total. The van der Waals surface area contributed by atoms with Crippen molar-refractivity contribution in [2.45, 2.75) is 125 Å². The number of hydrogen-bond donors (Lipinski definition) is 2. The van der Waals surface area contributed by atoms with E-state index in [1.165, 1.54) is 18.3 Å². The lowest BCUT2D eigenvalue weighted by Crippen LogP contribution is -2.66. The Morgan fingerprint density at radius 3 is 2.17 bits per heavy atom. The molecule has 0 amide bonds. The maximum absolute atomic E-state index is 13.4. The van der Waals surface area contributed by atoms with Gasteiger partial charge in [0, 0.05) is 0 Å². The molecule has 0 aromatic carbocycles. The Morgan fingerprint density at radius 1 is 0.857 bits per heavy atom. The minimum atomic E-state index is -0.554. The van der Waals surface area contributed by atoms with E-state index in [0.29, 0.717) is 11.8 Å². The van der Waals surface area contributed by atoms with Crippen LogP contribution in [0, 0.1) is 44.3 Å². The fourth-order valence-electron chi connectivity index (χ4n) is 10.8. The summed E-state index contributed by atoms with van der Waals surface area (Å²) in [5.74, 6) is 0.788. The van der Waals surface area contributed by atoms with Gasteiger partial charge in [0.25, 0.3) is 0 Å². The lowest BCUT2D eigenvalue weighted by atomic mass is 9.33. The normalized spacial score (nSPS) is 50.3. The standard InChI is InChI=1S/C31H50O4/c1-26(2)13-15-31(25(34)35-8)16-14-30(7)24(19(31)18-26)20(32)17-22-28(5)11-10-23(33)27(3,4)21(28)9-12-29(22,30)6/h20-23,32-33H,9-18H2,1-8H3/t20-,21?,22?,23-,28-,29+,30+,31-/m0/s1. The van der Waals surface area contributed by atoms with Gasteiger partial charge in [-0.15, -0.1) is 0 Å². The molecule has 5 aliphatic carbocycles. The van der Waals surface area contributed by atoms with Crippen molar-refractivity contribution in [3.63, 3.8) is 0 Å². The second kappa shape index (κ2) is 7.59. The Morgan fingerprint density at radius 2 is 1.51 bits per heavy atom. The molecule has 0 aliphatic heterocycles. The summed E-state index contributed by atoms with van der Waals surface area (Å²) >= 11 is 0. The van der Waals surface area contributed by atoms with Gasteiger partial charge in [0.2, 0.25) is 0 Å². The van der Waals surface area contributed by atoms with Gasteiger partial charge in [-0.25, -0.2) is 0 Å². The van der Waals surface area contributed by atoms with Crippen LogP contribution < -0.4 is 0 Å². The molecule has 0 saturated heterocycles. The van der Waals surface area contributed by atoms with Gasteiger partial charge in [0.15, 0.2) is 0 Å². The maximum Gasteiger partial charge on any atom is 0.315 e. The van der Waals surface area contributed by atoms with Gasteiger partial charge < -0.3 is 14.9 Å². The van der Waals surface area contributed by atoms with E-state index in [2.05, 4.69) is 48.5 Å². The van der Waals surface area contributed by atoms with Crippen molar-refractivity contribution < 1.29 is 19.7 Å². The van der Waals surface area contributed by atoms with Crippen molar-refractivity contribution in [2.75, 3.05) is 7.11 Å². The first-order valence-corrected chi connectivity index (χ1v) is 14.3. The summed E-state index contributed by atoms with van der Waals surface area (Å²) in [6.45, 7) is 16.6. The molecule has 5 aliphatic rings. The zero-order chi connectivity index (χ0) is 25.8. The van der Waals surface area contributed by atoms with Gasteiger partial charge in [0.05, 0.1) is 24.7 Å². The van der Waals surface area contributed by atoms with Crippen LogP contribution in [0.25, 0.3) is 0 Å². The molecule has 198 valence electrons. The average molecular weight is 487 g/mol. The van der Waals surface area contributed by atoms with E-state index in [1.54, 1.807) is 0 Å². The third kappa shape index (κ3) is 3.14. The van der Waals surface area contributed by atoms with Crippen molar-refractivity contribution in [2.24, 2.45) is 44.3 Å². The van der Waals surface area contributed by atoms with Gasteiger partial charge in [-0.1, -0.05) is 54.0 Å².